The van der Waals surface area contributed by atoms with Crippen LogP contribution in [0.5, 0.6) is 0 Å². The van der Waals surface area contributed by atoms with Gasteiger partial charge in [0.15, 0.2) is 0 Å². The normalized spacial score (nSPS) is 19.5. The minimum absolute atomic E-state index is 0.0372. The summed E-state index contributed by atoms with van der Waals surface area (Å²) in [7, 11) is 1.85. The number of nitrogens with zero attached hydrogens (tertiary/aromatic N) is 3. The van der Waals surface area contributed by atoms with Crippen LogP contribution in [0.1, 0.15) is 40.5 Å². The van der Waals surface area contributed by atoms with Crippen molar-refractivity contribution in [1.29, 1.82) is 0 Å². The molecule has 1 aliphatic heterocycles. The van der Waals surface area contributed by atoms with Crippen LogP contribution in [0.2, 0.25) is 0 Å². The molecule has 0 aromatic carbocycles. The molecule has 2 rings (SSSR count). The molecular formula is C17H29N5O2. The van der Waals surface area contributed by atoms with Crippen molar-refractivity contribution in [2.75, 3.05) is 30.4 Å². The van der Waals surface area contributed by atoms with Gasteiger partial charge in [-0.15, -0.1) is 0 Å². The van der Waals surface area contributed by atoms with E-state index in [-0.39, 0.29) is 12.1 Å². The highest BCUT2D eigenvalue weighted by Gasteiger charge is 2.28. The zero-order valence-corrected chi connectivity index (χ0v) is 15.3. The summed E-state index contributed by atoms with van der Waals surface area (Å²) in [4.78, 5) is 23.0. The number of anilines is 2. The molecule has 0 spiro atoms. The lowest BCUT2D eigenvalue weighted by Gasteiger charge is -2.36. The molecule has 0 radical (unpaired) electrons. The molecule has 1 fully saturated rings. The van der Waals surface area contributed by atoms with Gasteiger partial charge in [-0.25, -0.2) is 9.78 Å². The van der Waals surface area contributed by atoms with Gasteiger partial charge in [-0.2, -0.15) is 4.98 Å². The van der Waals surface area contributed by atoms with E-state index in [9.17, 15) is 4.79 Å². The van der Waals surface area contributed by atoms with Crippen LogP contribution in [0.15, 0.2) is 12.3 Å². The van der Waals surface area contributed by atoms with Crippen LogP contribution in [0.3, 0.4) is 0 Å². The summed E-state index contributed by atoms with van der Waals surface area (Å²) >= 11 is 0. The van der Waals surface area contributed by atoms with Crippen molar-refractivity contribution in [2.45, 2.75) is 52.2 Å². The maximum atomic E-state index is 12.0. The Balaban J connectivity index is 1.95. The Hall–Kier alpha value is -2.05. The van der Waals surface area contributed by atoms with Gasteiger partial charge in [0.05, 0.1) is 0 Å². The number of ether oxygens (including phenoxy) is 1. The molecule has 1 aliphatic rings. The fraction of sp³-hybridized carbons (Fsp3) is 0.706. The van der Waals surface area contributed by atoms with Gasteiger partial charge < -0.3 is 20.3 Å². The third-order valence-corrected chi connectivity index (χ3v) is 4.09. The van der Waals surface area contributed by atoms with Crippen LogP contribution < -0.4 is 15.5 Å². The van der Waals surface area contributed by atoms with Gasteiger partial charge in [0.2, 0.25) is 5.95 Å². The first-order chi connectivity index (χ1) is 11.3. The molecule has 0 saturated carbocycles. The summed E-state index contributed by atoms with van der Waals surface area (Å²) in [6.45, 7) is 9.39. The molecular weight excluding hydrogens is 306 g/mol. The highest BCUT2D eigenvalue weighted by molar-refractivity contribution is 5.68. The zero-order valence-electron chi connectivity index (χ0n) is 15.3. The van der Waals surface area contributed by atoms with E-state index in [1.54, 1.807) is 6.20 Å². The van der Waals surface area contributed by atoms with Crippen molar-refractivity contribution >= 4 is 17.9 Å². The van der Waals surface area contributed by atoms with Gasteiger partial charge in [-0.3, -0.25) is 0 Å². The maximum absolute atomic E-state index is 12.0. The Labute approximate surface area is 144 Å². The summed E-state index contributed by atoms with van der Waals surface area (Å²) in [5.74, 6) is 1.88. The summed E-state index contributed by atoms with van der Waals surface area (Å²) < 4.78 is 5.34. The molecule has 0 aliphatic carbocycles. The van der Waals surface area contributed by atoms with Crippen LogP contribution >= 0.6 is 0 Å². The SMILES string of the molecule is CNc1ccnc(N2CCCC(C(C)NC(=O)OC(C)(C)C)C2)n1. The van der Waals surface area contributed by atoms with Crippen LogP contribution in [-0.4, -0.2) is 47.8 Å². The van der Waals surface area contributed by atoms with Gasteiger partial charge in [0, 0.05) is 32.4 Å². The second-order valence-corrected chi connectivity index (χ2v) is 7.28. The second-order valence-electron chi connectivity index (χ2n) is 7.28. The van der Waals surface area contributed by atoms with E-state index in [2.05, 4.69) is 25.5 Å². The van der Waals surface area contributed by atoms with Gasteiger partial charge in [-0.05, 0) is 52.5 Å². The molecule has 7 heteroatoms. The number of piperidine rings is 1. The van der Waals surface area contributed by atoms with Crippen molar-refractivity contribution in [3.8, 4) is 0 Å². The molecule has 2 heterocycles. The largest absolute Gasteiger partial charge is 0.444 e. The van der Waals surface area contributed by atoms with Crippen LogP contribution in [0.25, 0.3) is 0 Å². The molecule has 1 aromatic rings. The highest BCUT2D eigenvalue weighted by Crippen LogP contribution is 2.23. The lowest BCUT2D eigenvalue weighted by Crippen LogP contribution is -2.47. The number of amides is 1. The Morgan fingerprint density at radius 3 is 2.88 bits per heavy atom. The molecule has 24 heavy (non-hydrogen) atoms. The monoisotopic (exact) mass is 335 g/mol. The van der Waals surface area contributed by atoms with Crippen LogP contribution in [0.4, 0.5) is 16.6 Å². The van der Waals surface area contributed by atoms with Gasteiger partial charge in [0.1, 0.15) is 11.4 Å². The Kier molecular flexibility index (Phi) is 5.85. The first-order valence-corrected chi connectivity index (χ1v) is 8.54. The van der Waals surface area contributed by atoms with E-state index < -0.39 is 5.60 Å². The van der Waals surface area contributed by atoms with E-state index in [1.165, 1.54) is 0 Å². The average Bonchev–Trinajstić information content (AvgIpc) is 2.53. The van der Waals surface area contributed by atoms with E-state index in [0.29, 0.717) is 5.92 Å². The predicted molar refractivity (Wildman–Crippen MR) is 95.3 cm³/mol. The van der Waals surface area contributed by atoms with Gasteiger partial charge in [-0.1, -0.05) is 0 Å². The summed E-state index contributed by atoms with van der Waals surface area (Å²) in [5.41, 5.74) is -0.482. The Morgan fingerprint density at radius 2 is 2.21 bits per heavy atom. The number of carbonyl (C=O) groups is 1. The lowest BCUT2D eigenvalue weighted by atomic mass is 9.92. The molecule has 2 atom stereocenters. The number of aromatic nitrogens is 2. The number of rotatable bonds is 4. The number of carbonyl (C=O) groups excluding carboxylic acids is 1. The smallest absolute Gasteiger partial charge is 0.407 e. The van der Waals surface area contributed by atoms with E-state index in [1.807, 2.05) is 40.8 Å². The minimum atomic E-state index is -0.482. The second kappa shape index (κ2) is 7.68. The standard InChI is InChI=1S/C17H29N5O2/c1-12(20-16(23)24-17(2,3)4)13-7-6-10-22(11-13)15-19-9-8-14(18-5)21-15/h8-9,12-13H,6-7,10-11H2,1-5H3,(H,20,23)(H,18,19,21). The maximum Gasteiger partial charge on any atom is 0.407 e. The van der Waals surface area contributed by atoms with Crippen LogP contribution in [0, 0.1) is 5.92 Å². The fourth-order valence-electron chi connectivity index (χ4n) is 2.85. The van der Waals surface area contributed by atoms with Crippen molar-refractivity contribution < 1.29 is 9.53 Å². The number of hydrogen-bond donors (Lipinski definition) is 2. The average molecular weight is 335 g/mol. The third kappa shape index (κ3) is 5.25. The summed E-state index contributed by atoms with van der Waals surface area (Å²) in [5, 5.41) is 6.00. The minimum Gasteiger partial charge on any atom is -0.444 e. The molecule has 2 unspecified atom stereocenters. The number of nitrogens with one attached hydrogen (secondary N) is 2. The van der Waals surface area contributed by atoms with Crippen molar-refractivity contribution in [2.24, 2.45) is 5.92 Å². The number of hydrogen-bond acceptors (Lipinski definition) is 6. The highest BCUT2D eigenvalue weighted by atomic mass is 16.6. The molecule has 7 nitrogen and oxygen atoms in total. The first-order valence-electron chi connectivity index (χ1n) is 8.54. The van der Waals surface area contributed by atoms with Crippen LogP contribution in [-0.2, 0) is 4.74 Å². The predicted octanol–water partition coefficient (Wildman–Crippen LogP) is 2.65. The van der Waals surface area contributed by atoms with E-state index in [4.69, 9.17) is 4.74 Å². The van der Waals surface area contributed by atoms with E-state index in [0.717, 1.165) is 37.7 Å². The van der Waals surface area contributed by atoms with Gasteiger partial charge >= 0.3 is 6.09 Å². The molecule has 1 aromatic heterocycles. The van der Waals surface area contributed by atoms with Crippen molar-refractivity contribution in [3.05, 3.63) is 12.3 Å². The van der Waals surface area contributed by atoms with E-state index >= 15 is 0 Å². The lowest BCUT2D eigenvalue weighted by molar-refractivity contribution is 0.0489. The van der Waals surface area contributed by atoms with Crippen molar-refractivity contribution in [3.63, 3.8) is 0 Å². The summed E-state index contributed by atoms with van der Waals surface area (Å²) in [6.07, 6.45) is 3.53. The molecule has 1 amide bonds. The van der Waals surface area contributed by atoms with Gasteiger partial charge in [0.25, 0.3) is 0 Å². The Bertz CT molecular complexity index is 558. The number of alkyl carbamates (subject to hydrolysis) is 1. The quantitative estimate of drug-likeness (QED) is 0.880. The first kappa shape index (κ1) is 18.3. The molecule has 134 valence electrons. The van der Waals surface area contributed by atoms with Crippen molar-refractivity contribution in [1.82, 2.24) is 15.3 Å². The molecule has 2 N–H and O–H groups in total. The summed E-state index contributed by atoms with van der Waals surface area (Å²) in [6, 6.07) is 1.88. The topological polar surface area (TPSA) is 79.4 Å². The fourth-order valence-corrected chi connectivity index (χ4v) is 2.85. The Morgan fingerprint density at radius 1 is 1.46 bits per heavy atom. The third-order valence-electron chi connectivity index (χ3n) is 4.09. The molecule has 1 saturated heterocycles. The molecule has 0 bridgehead atoms. The zero-order chi connectivity index (χ0) is 17.7.